The number of hydrogen-bond acceptors (Lipinski definition) is 5. The van der Waals surface area contributed by atoms with Gasteiger partial charge < -0.3 is 19.7 Å². The predicted octanol–water partition coefficient (Wildman–Crippen LogP) is 2.93. The number of piperidine rings is 1. The van der Waals surface area contributed by atoms with Crippen molar-refractivity contribution in [2.45, 2.75) is 32.5 Å². The lowest BCUT2D eigenvalue weighted by molar-refractivity contribution is -0.181. The second kappa shape index (κ2) is 7.93. The molecule has 2 aliphatic heterocycles. The molecule has 0 atom stereocenters. The van der Waals surface area contributed by atoms with E-state index in [4.69, 9.17) is 9.47 Å². The van der Waals surface area contributed by atoms with Gasteiger partial charge in [0.2, 0.25) is 0 Å². The Morgan fingerprint density at radius 1 is 1.10 bits per heavy atom. The van der Waals surface area contributed by atoms with Gasteiger partial charge in [-0.3, -0.25) is 14.6 Å². The summed E-state index contributed by atoms with van der Waals surface area (Å²) in [5.74, 6) is -0.967. The highest BCUT2D eigenvalue weighted by Crippen LogP contribution is 2.31. The Hall–Kier alpha value is -2.77. The first-order chi connectivity index (χ1) is 14.0. The van der Waals surface area contributed by atoms with Crippen LogP contribution in [0.25, 0.3) is 0 Å². The Balaban J connectivity index is 1.45. The molecule has 2 amide bonds. The molecule has 0 unspecified atom stereocenters. The van der Waals surface area contributed by atoms with E-state index in [9.17, 15) is 9.59 Å². The highest BCUT2D eigenvalue weighted by molar-refractivity contribution is 6.05. The van der Waals surface area contributed by atoms with E-state index in [2.05, 4.69) is 10.3 Å². The molecule has 7 nitrogen and oxygen atoms in total. The number of pyridine rings is 1. The van der Waals surface area contributed by atoms with Crippen LogP contribution in [0.1, 0.15) is 44.8 Å². The molecule has 0 bridgehead atoms. The van der Waals surface area contributed by atoms with Crippen LogP contribution in [0.2, 0.25) is 0 Å². The number of nitrogens with zero attached hydrogens (tertiary/aromatic N) is 2. The number of nitrogens with one attached hydrogen (secondary N) is 1. The number of benzene rings is 1. The average Bonchev–Trinajstić information content (AvgIpc) is 3.19. The third-order valence-corrected chi connectivity index (χ3v) is 5.72. The highest BCUT2D eigenvalue weighted by atomic mass is 16.7. The molecule has 7 heteroatoms. The second-order valence-electron chi connectivity index (χ2n) is 7.53. The molecule has 1 aromatic carbocycles. The van der Waals surface area contributed by atoms with E-state index in [0.717, 1.165) is 16.8 Å². The summed E-state index contributed by atoms with van der Waals surface area (Å²) in [4.78, 5) is 31.5. The first kappa shape index (κ1) is 19.5. The number of carbonyl (C=O) groups is 2. The number of rotatable bonds is 3. The van der Waals surface area contributed by atoms with Gasteiger partial charge in [0, 0.05) is 43.4 Å². The minimum absolute atomic E-state index is 0.110. The Morgan fingerprint density at radius 3 is 2.55 bits per heavy atom. The van der Waals surface area contributed by atoms with Gasteiger partial charge in [-0.25, -0.2) is 0 Å². The molecule has 29 heavy (non-hydrogen) atoms. The van der Waals surface area contributed by atoms with Crippen LogP contribution in [-0.4, -0.2) is 53.8 Å². The number of hydrogen-bond donors (Lipinski definition) is 1. The fourth-order valence-corrected chi connectivity index (χ4v) is 3.78. The highest BCUT2D eigenvalue weighted by Gasteiger charge is 2.40. The van der Waals surface area contributed by atoms with Crippen molar-refractivity contribution >= 4 is 17.5 Å². The van der Waals surface area contributed by atoms with Crippen molar-refractivity contribution in [2.75, 3.05) is 31.6 Å². The SMILES string of the molecule is Cc1cccc(NC(=O)c2cc(C(=O)N3CCC4(CC3)OCCO4)ccn2)c1C. The van der Waals surface area contributed by atoms with Gasteiger partial charge in [0.05, 0.1) is 13.2 Å². The number of ether oxygens (including phenoxy) is 2. The lowest BCUT2D eigenvalue weighted by Gasteiger charge is -2.37. The molecule has 1 spiro atoms. The van der Waals surface area contributed by atoms with Crippen molar-refractivity contribution in [1.82, 2.24) is 9.88 Å². The normalized spacial score (nSPS) is 18.1. The lowest BCUT2D eigenvalue weighted by atomic mass is 10.0. The largest absolute Gasteiger partial charge is 0.347 e. The number of amides is 2. The van der Waals surface area contributed by atoms with Crippen molar-refractivity contribution in [3.05, 3.63) is 58.9 Å². The zero-order chi connectivity index (χ0) is 20.4. The van der Waals surface area contributed by atoms with Crippen LogP contribution in [0.5, 0.6) is 0 Å². The number of anilines is 1. The van der Waals surface area contributed by atoms with Crippen LogP contribution in [0.3, 0.4) is 0 Å². The van der Waals surface area contributed by atoms with E-state index in [1.165, 1.54) is 6.20 Å². The van der Waals surface area contributed by atoms with Crippen LogP contribution in [0.4, 0.5) is 5.69 Å². The van der Waals surface area contributed by atoms with Crippen molar-refractivity contribution in [2.24, 2.45) is 0 Å². The van der Waals surface area contributed by atoms with E-state index in [0.29, 0.717) is 44.7 Å². The van der Waals surface area contributed by atoms with Gasteiger partial charge in [0.1, 0.15) is 5.69 Å². The molecule has 2 aromatic rings. The summed E-state index contributed by atoms with van der Waals surface area (Å²) in [6.07, 6.45) is 2.81. The average molecular weight is 395 g/mol. The maximum atomic E-state index is 12.9. The second-order valence-corrected chi connectivity index (χ2v) is 7.53. The Kier molecular flexibility index (Phi) is 5.34. The van der Waals surface area contributed by atoms with E-state index in [-0.39, 0.29) is 17.5 Å². The van der Waals surface area contributed by atoms with Gasteiger partial charge in [0.15, 0.2) is 5.79 Å². The number of aryl methyl sites for hydroxylation is 1. The Bertz CT molecular complexity index is 927. The van der Waals surface area contributed by atoms with Crippen molar-refractivity contribution < 1.29 is 19.1 Å². The summed E-state index contributed by atoms with van der Waals surface area (Å²) in [7, 11) is 0. The smallest absolute Gasteiger partial charge is 0.274 e. The minimum Gasteiger partial charge on any atom is -0.347 e. The maximum absolute atomic E-state index is 12.9. The monoisotopic (exact) mass is 395 g/mol. The molecule has 0 aliphatic carbocycles. The van der Waals surface area contributed by atoms with Gasteiger partial charge in [-0.15, -0.1) is 0 Å². The standard InChI is InChI=1S/C22H25N3O4/c1-15-4-3-5-18(16(15)2)24-20(26)19-14-17(6-9-23-19)21(27)25-10-7-22(8-11-25)28-12-13-29-22/h3-6,9,14H,7-8,10-13H2,1-2H3,(H,24,26). The molecule has 2 fully saturated rings. The fraction of sp³-hybridized carbons (Fsp3) is 0.409. The predicted molar refractivity (Wildman–Crippen MR) is 108 cm³/mol. The summed E-state index contributed by atoms with van der Waals surface area (Å²) >= 11 is 0. The molecule has 2 aliphatic rings. The summed E-state index contributed by atoms with van der Waals surface area (Å²) in [5.41, 5.74) is 3.51. The lowest BCUT2D eigenvalue weighted by Crippen LogP contribution is -2.47. The van der Waals surface area contributed by atoms with Gasteiger partial charge >= 0.3 is 0 Å². The maximum Gasteiger partial charge on any atom is 0.274 e. The van der Waals surface area contributed by atoms with Crippen molar-refractivity contribution in [1.29, 1.82) is 0 Å². The third-order valence-electron chi connectivity index (χ3n) is 5.72. The van der Waals surface area contributed by atoms with Crippen LogP contribution in [0.15, 0.2) is 36.5 Å². The summed E-state index contributed by atoms with van der Waals surface area (Å²) in [5, 5.41) is 2.89. The molecule has 152 valence electrons. The Labute approximate surface area is 170 Å². The van der Waals surface area contributed by atoms with Crippen molar-refractivity contribution in [3.8, 4) is 0 Å². The molecule has 3 heterocycles. The molecular weight excluding hydrogens is 370 g/mol. The molecule has 4 rings (SSSR count). The minimum atomic E-state index is -0.522. The molecule has 0 saturated carbocycles. The zero-order valence-electron chi connectivity index (χ0n) is 16.7. The summed E-state index contributed by atoms with van der Waals surface area (Å²) < 4.78 is 11.4. The number of aromatic nitrogens is 1. The quantitative estimate of drug-likeness (QED) is 0.864. The van der Waals surface area contributed by atoms with E-state index >= 15 is 0 Å². The topological polar surface area (TPSA) is 80.8 Å². The van der Waals surface area contributed by atoms with Crippen LogP contribution >= 0.6 is 0 Å². The third kappa shape index (κ3) is 4.02. The molecule has 1 aromatic heterocycles. The van der Waals surface area contributed by atoms with Gasteiger partial charge in [-0.1, -0.05) is 12.1 Å². The van der Waals surface area contributed by atoms with Crippen LogP contribution in [0, 0.1) is 13.8 Å². The van der Waals surface area contributed by atoms with Crippen LogP contribution < -0.4 is 5.32 Å². The molecule has 1 N–H and O–H groups in total. The first-order valence-corrected chi connectivity index (χ1v) is 9.88. The fourth-order valence-electron chi connectivity index (χ4n) is 3.78. The summed E-state index contributed by atoms with van der Waals surface area (Å²) in [6, 6.07) is 8.94. The van der Waals surface area contributed by atoms with E-state index < -0.39 is 5.79 Å². The molecular formula is C22H25N3O4. The van der Waals surface area contributed by atoms with Gasteiger partial charge in [-0.05, 0) is 43.2 Å². The van der Waals surface area contributed by atoms with Crippen molar-refractivity contribution in [3.63, 3.8) is 0 Å². The molecule has 2 saturated heterocycles. The zero-order valence-corrected chi connectivity index (χ0v) is 16.7. The van der Waals surface area contributed by atoms with Gasteiger partial charge in [0.25, 0.3) is 11.8 Å². The number of likely N-dealkylation sites (tertiary alicyclic amines) is 1. The van der Waals surface area contributed by atoms with Crippen LogP contribution in [-0.2, 0) is 9.47 Å². The first-order valence-electron chi connectivity index (χ1n) is 9.88. The summed E-state index contributed by atoms with van der Waals surface area (Å²) in [6.45, 7) is 6.29. The Morgan fingerprint density at radius 2 is 1.83 bits per heavy atom. The van der Waals surface area contributed by atoms with Gasteiger partial charge in [-0.2, -0.15) is 0 Å². The molecule has 0 radical (unpaired) electrons. The van der Waals surface area contributed by atoms with E-state index in [1.807, 2.05) is 32.0 Å². The number of carbonyl (C=O) groups excluding carboxylic acids is 2. The van der Waals surface area contributed by atoms with E-state index in [1.54, 1.807) is 17.0 Å².